The Hall–Kier alpha value is -1.42. The van der Waals surface area contributed by atoms with Crippen LogP contribution in [0.25, 0.3) is 0 Å². The molecule has 1 fully saturated rings. The average molecular weight is 250 g/mol. The molecule has 0 spiro atoms. The summed E-state index contributed by atoms with van der Waals surface area (Å²) in [7, 11) is 0. The molecule has 0 heterocycles. The van der Waals surface area contributed by atoms with Crippen LogP contribution in [0.3, 0.4) is 0 Å². The van der Waals surface area contributed by atoms with E-state index in [1.165, 1.54) is 6.07 Å². The van der Waals surface area contributed by atoms with Crippen LogP contribution >= 0.6 is 0 Å². The van der Waals surface area contributed by atoms with Crippen molar-refractivity contribution in [2.45, 2.75) is 39.2 Å². The Balaban J connectivity index is 2.12. The lowest BCUT2D eigenvalue weighted by Gasteiger charge is -2.22. The lowest BCUT2D eigenvalue weighted by atomic mass is 9.88. The molecule has 0 radical (unpaired) electrons. The monoisotopic (exact) mass is 250 g/mol. The summed E-state index contributed by atoms with van der Waals surface area (Å²) in [5.41, 5.74) is 6.05. The van der Waals surface area contributed by atoms with Gasteiger partial charge in [0.25, 0.3) is 0 Å². The van der Waals surface area contributed by atoms with Gasteiger partial charge in [0.15, 0.2) is 0 Å². The minimum absolute atomic E-state index is 0.0839. The molecule has 98 valence electrons. The fourth-order valence-electron chi connectivity index (χ4n) is 2.44. The van der Waals surface area contributed by atoms with E-state index in [2.05, 4.69) is 5.32 Å². The van der Waals surface area contributed by atoms with Gasteiger partial charge in [-0.1, -0.05) is 25.8 Å². The Bertz CT molecular complexity index is 453. The zero-order chi connectivity index (χ0) is 13.2. The van der Waals surface area contributed by atoms with Gasteiger partial charge in [0, 0.05) is 12.0 Å². The summed E-state index contributed by atoms with van der Waals surface area (Å²) < 4.78 is 13.7. The van der Waals surface area contributed by atoms with Gasteiger partial charge in [0.1, 0.15) is 5.82 Å². The first-order valence-electron chi connectivity index (χ1n) is 6.35. The van der Waals surface area contributed by atoms with Crippen LogP contribution in [0.4, 0.5) is 10.1 Å². The number of hydrogen-bond donors (Lipinski definition) is 2. The number of nitrogens with two attached hydrogens (primary N) is 1. The number of hydrogen-bond acceptors (Lipinski definition) is 2. The minimum Gasteiger partial charge on any atom is -0.326 e. The van der Waals surface area contributed by atoms with E-state index < -0.39 is 5.82 Å². The van der Waals surface area contributed by atoms with Crippen LogP contribution in [0.15, 0.2) is 18.2 Å². The molecule has 0 aliphatic heterocycles. The number of anilines is 1. The highest BCUT2D eigenvalue weighted by Gasteiger charge is 2.36. The predicted molar refractivity (Wildman–Crippen MR) is 69.5 cm³/mol. The Morgan fingerprint density at radius 1 is 1.44 bits per heavy atom. The maximum atomic E-state index is 13.7. The molecule has 0 bridgehead atoms. The van der Waals surface area contributed by atoms with Crippen LogP contribution in [0, 0.1) is 11.2 Å². The lowest BCUT2D eigenvalue weighted by Crippen LogP contribution is -2.31. The molecule has 1 aliphatic rings. The van der Waals surface area contributed by atoms with Gasteiger partial charge in [-0.3, -0.25) is 4.79 Å². The summed E-state index contributed by atoms with van der Waals surface area (Å²) in [5.74, 6) is -0.507. The van der Waals surface area contributed by atoms with Gasteiger partial charge >= 0.3 is 0 Å². The standard InChI is InChI=1S/C14H19FN2O/c1-14(6-2-3-7-14)13(18)17-12-5-4-10(9-16)8-11(12)15/h4-5,8H,2-3,6-7,9,16H2,1H3,(H,17,18). The first kappa shape index (κ1) is 13.0. The first-order valence-corrected chi connectivity index (χ1v) is 6.35. The lowest BCUT2D eigenvalue weighted by molar-refractivity contribution is -0.124. The van der Waals surface area contributed by atoms with Gasteiger partial charge in [-0.05, 0) is 30.5 Å². The Kier molecular flexibility index (Phi) is 3.66. The molecular weight excluding hydrogens is 231 g/mol. The largest absolute Gasteiger partial charge is 0.326 e. The number of nitrogens with one attached hydrogen (secondary N) is 1. The number of carbonyl (C=O) groups is 1. The number of rotatable bonds is 3. The van der Waals surface area contributed by atoms with Crippen molar-refractivity contribution >= 4 is 11.6 Å². The molecule has 0 atom stereocenters. The van der Waals surface area contributed by atoms with E-state index in [4.69, 9.17) is 5.73 Å². The van der Waals surface area contributed by atoms with Crippen LogP contribution < -0.4 is 11.1 Å². The molecule has 0 unspecified atom stereocenters. The average Bonchev–Trinajstić information content (AvgIpc) is 2.80. The Morgan fingerprint density at radius 2 is 2.11 bits per heavy atom. The van der Waals surface area contributed by atoms with E-state index in [1.807, 2.05) is 6.92 Å². The Morgan fingerprint density at radius 3 is 2.67 bits per heavy atom. The second-order valence-corrected chi connectivity index (χ2v) is 5.24. The maximum Gasteiger partial charge on any atom is 0.230 e. The molecule has 2 rings (SSSR count). The van der Waals surface area contributed by atoms with Gasteiger partial charge in [0.05, 0.1) is 5.69 Å². The third-order valence-electron chi connectivity index (χ3n) is 3.77. The van der Waals surface area contributed by atoms with Gasteiger partial charge in [-0.15, -0.1) is 0 Å². The van der Waals surface area contributed by atoms with Gasteiger partial charge in [0.2, 0.25) is 5.91 Å². The van der Waals surface area contributed by atoms with Gasteiger partial charge < -0.3 is 11.1 Å². The molecule has 0 aromatic heterocycles. The van der Waals surface area contributed by atoms with Crippen molar-refractivity contribution in [3.05, 3.63) is 29.6 Å². The molecule has 3 nitrogen and oxygen atoms in total. The summed E-state index contributed by atoms with van der Waals surface area (Å²) in [5, 5.41) is 2.69. The predicted octanol–water partition coefficient (Wildman–Crippen LogP) is 2.80. The summed E-state index contributed by atoms with van der Waals surface area (Å²) in [4.78, 5) is 12.1. The fourth-order valence-corrected chi connectivity index (χ4v) is 2.44. The van der Waals surface area contributed by atoms with Crippen molar-refractivity contribution in [1.29, 1.82) is 0 Å². The van der Waals surface area contributed by atoms with Crippen molar-refractivity contribution < 1.29 is 9.18 Å². The van der Waals surface area contributed by atoms with Crippen LogP contribution in [-0.2, 0) is 11.3 Å². The van der Waals surface area contributed by atoms with Crippen molar-refractivity contribution in [2.75, 3.05) is 5.32 Å². The Labute approximate surface area is 107 Å². The van der Waals surface area contributed by atoms with E-state index in [0.717, 1.165) is 31.2 Å². The highest BCUT2D eigenvalue weighted by molar-refractivity contribution is 5.95. The summed E-state index contributed by atoms with van der Waals surface area (Å²) in [6.07, 6.45) is 3.89. The first-order chi connectivity index (χ1) is 8.55. The smallest absolute Gasteiger partial charge is 0.230 e. The van der Waals surface area contributed by atoms with Crippen LogP contribution in [-0.4, -0.2) is 5.91 Å². The highest BCUT2D eigenvalue weighted by atomic mass is 19.1. The fraction of sp³-hybridized carbons (Fsp3) is 0.500. The second kappa shape index (κ2) is 5.06. The zero-order valence-corrected chi connectivity index (χ0v) is 10.6. The van der Waals surface area contributed by atoms with E-state index in [-0.39, 0.29) is 17.0 Å². The number of benzene rings is 1. The van der Waals surface area contributed by atoms with E-state index in [0.29, 0.717) is 6.54 Å². The second-order valence-electron chi connectivity index (χ2n) is 5.24. The summed E-state index contributed by atoms with van der Waals surface area (Å²) in [6, 6.07) is 4.68. The SMILES string of the molecule is CC1(C(=O)Nc2ccc(CN)cc2F)CCCC1. The quantitative estimate of drug-likeness (QED) is 0.866. The molecule has 18 heavy (non-hydrogen) atoms. The molecule has 0 saturated heterocycles. The van der Waals surface area contributed by atoms with Crippen LogP contribution in [0.1, 0.15) is 38.2 Å². The van der Waals surface area contributed by atoms with Gasteiger partial charge in [-0.2, -0.15) is 0 Å². The number of amides is 1. The normalized spacial score (nSPS) is 17.7. The zero-order valence-electron chi connectivity index (χ0n) is 10.6. The van der Waals surface area contributed by atoms with Crippen LogP contribution in [0.5, 0.6) is 0 Å². The maximum absolute atomic E-state index is 13.7. The third-order valence-corrected chi connectivity index (χ3v) is 3.77. The van der Waals surface area contributed by atoms with Crippen molar-refractivity contribution in [2.24, 2.45) is 11.1 Å². The van der Waals surface area contributed by atoms with E-state index in [1.54, 1.807) is 12.1 Å². The molecule has 4 heteroatoms. The number of halogens is 1. The molecule has 1 amide bonds. The molecular formula is C14H19FN2O. The summed E-state index contributed by atoms with van der Waals surface area (Å²) in [6.45, 7) is 2.24. The van der Waals surface area contributed by atoms with E-state index in [9.17, 15) is 9.18 Å². The number of carbonyl (C=O) groups excluding carboxylic acids is 1. The molecule has 1 aromatic rings. The topological polar surface area (TPSA) is 55.1 Å². The van der Waals surface area contributed by atoms with Crippen molar-refractivity contribution in [3.8, 4) is 0 Å². The molecule has 1 saturated carbocycles. The highest BCUT2D eigenvalue weighted by Crippen LogP contribution is 2.38. The van der Waals surface area contributed by atoms with E-state index >= 15 is 0 Å². The van der Waals surface area contributed by atoms with Crippen molar-refractivity contribution in [1.82, 2.24) is 0 Å². The van der Waals surface area contributed by atoms with Gasteiger partial charge in [-0.25, -0.2) is 4.39 Å². The minimum atomic E-state index is -0.423. The van der Waals surface area contributed by atoms with Crippen LogP contribution in [0.2, 0.25) is 0 Å². The molecule has 3 N–H and O–H groups in total. The molecule has 1 aliphatic carbocycles. The van der Waals surface area contributed by atoms with Crippen molar-refractivity contribution in [3.63, 3.8) is 0 Å². The molecule has 1 aromatic carbocycles. The third kappa shape index (κ3) is 2.53. The summed E-state index contributed by atoms with van der Waals surface area (Å²) >= 11 is 0.